The molecule has 18 heavy (non-hydrogen) atoms. The van der Waals surface area contributed by atoms with Crippen LogP contribution in [0.4, 0.5) is 17.5 Å². The topological polar surface area (TPSA) is 49.8 Å². The van der Waals surface area contributed by atoms with Crippen molar-refractivity contribution in [1.29, 1.82) is 0 Å². The molecule has 1 aromatic heterocycles. The summed E-state index contributed by atoms with van der Waals surface area (Å²) >= 11 is 12.0. The third-order valence-corrected chi connectivity index (χ3v) is 3.02. The van der Waals surface area contributed by atoms with Gasteiger partial charge in [-0.15, -0.1) is 0 Å². The standard InChI is InChI=1S/C12H12Cl2N4/c1-2-15-12-16-7-6-10(18-12)17-9-5-3-4-8(13)11(9)14/h3-7H,2H2,1H3,(H2,15,16,17,18). The van der Waals surface area contributed by atoms with Gasteiger partial charge in [-0.2, -0.15) is 4.98 Å². The van der Waals surface area contributed by atoms with Crippen LogP contribution < -0.4 is 10.6 Å². The molecule has 0 aliphatic rings. The molecule has 0 aliphatic heterocycles. The van der Waals surface area contributed by atoms with E-state index in [9.17, 15) is 0 Å². The van der Waals surface area contributed by atoms with E-state index in [1.165, 1.54) is 0 Å². The van der Waals surface area contributed by atoms with E-state index in [4.69, 9.17) is 23.2 Å². The number of hydrogen-bond donors (Lipinski definition) is 2. The van der Waals surface area contributed by atoms with E-state index in [0.717, 1.165) is 6.54 Å². The molecule has 2 rings (SSSR count). The van der Waals surface area contributed by atoms with Gasteiger partial charge >= 0.3 is 0 Å². The summed E-state index contributed by atoms with van der Waals surface area (Å²) in [5.74, 6) is 1.23. The first-order valence-electron chi connectivity index (χ1n) is 5.48. The molecule has 0 unspecified atom stereocenters. The number of nitrogens with zero attached hydrogens (tertiary/aromatic N) is 2. The van der Waals surface area contributed by atoms with Crippen molar-refractivity contribution in [2.75, 3.05) is 17.2 Å². The Kier molecular flexibility index (Phi) is 4.23. The highest BCUT2D eigenvalue weighted by Crippen LogP contribution is 2.31. The fourth-order valence-corrected chi connectivity index (χ4v) is 1.76. The predicted molar refractivity (Wildman–Crippen MR) is 75.9 cm³/mol. The van der Waals surface area contributed by atoms with Crippen LogP contribution in [0.15, 0.2) is 30.5 Å². The van der Waals surface area contributed by atoms with Crippen LogP contribution in [0.5, 0.6) is 0 Å². The maximum absolute atomic E-state index is 6.09. The van der Waals surface area contributed by atoms with Crippen molar-refractivity contribution in [3.05, 3.63) is 40.5 Å². The van der Waals surface area contributed by atoms with Crippen LogP contribution >= 0.6 is 23.2 Å². The first-order valence-corrected chi connectivity index (χ1v) is 6.24. The molecule has 0 radical (unpaired) electrons. The quantitative estimate of drug-likeness (QED) is 0.891. The van der Waals surface area contributed by atoms with Crippen molar-refractivity contribution in [2.24, 2.45) is 0 Å². The van der Waals surface area contributed by atoms with Gasteiger partial charge in [0.25, 0.3) is 0 Å². The maximum atomic E-state index is 6.09. The van der Waals surface area contributed by atoms with Gasteiger partial charge in [0.2, 0.25) is 5.95 Å². The zero-order valence-corrected chi connectivity index (χ0v) is 11.3. The largest absolute Gasteiger partial charge is 0.354 e. The molecular formula is C12H12Cl2N4. The Bertz CT molecular complexity index is 545. The van der Waals surface area contributed by atoms with Crippen LogP contribution in [-0.4, -0.2) is 16.5 Å². The zero-order valence-electron chi connectivity index (χ0n) is 9.74. The number of nitrogens with one attached hydrogen (secondary N) is 2. The number of rotatable bonds is 4. The Hall–Kier alpha value is -1.52. The van der Waals surface area contributed by atoms with Crippen LogP contribution in [0.2, 0.25) is 10.0 Å². The lowest BCUT2D eigenvalue weighted by molar-refractivity contribution is 1.09. The molecular weight excluding hydrogens is 271 g/mol. The molecule has 0 amide bonds. The zero-order chi connectivity index (χ0) is 13.0. The summed E-state index contributed by atoms with van der Waals surface area (Å²) in [5.41, 5.74) is 0.713. The van der Waals surface area contributed by atoms with E-state index in [0.29, 0.717) is 27.5 Å². The summed E-state index contributed by atoms with van der Waals surface area (Å²) < 4.78 is 0. The van der Waals surface area contributed by atoms with Gasteiger partial charge in [0.1, 0.15) is 5.82 Å². The van der Waals surface area contributed by atoms with E-state index in [2.05, 4.69) is 20.6 Å². The molecule has 0 saturated heterocycles. The first kappa shape index (κ1) is 12.9. The van der Waals surface area contributed by atoms with Crippen LogP contribution in [0.1, 0.15) is 6.92 Å². The van der Waals surface area contributed by atoms with Gasteiger partial charge in [-0.25, -0.2) is 4.98 Å². The van der Waals surface area contributed by atoms with Gasteiger partial charge in [-0.1, -0.05) is 29.3 Å². The second-order valence-electron chi connectivity index (χ2n) is 3.52. The van der Waals surface area contributed by atoms with Gasteiger partial charge in [0, 0.05) is 12.7 Å². The minimum absolute atomic E-state index is 0.475. The molecule has 0 fully saturated rings. The molecule has 0 aliphatic carbocycles. The fraction of sp³-hybridized carbons (Fsp3) is 0.167. The van der Waals surface area contributed by atoms with Gasteiger partial charge in [0.05, 0.1) is 15.7 Å². The monoisotopic (exact) mass is 282 g/mol. The molecule has 2 aromatic rings. The molecule has 1 aromatic carbocycles. The van der Waals surface area contributed by atoms with Crippen molar-refractivity contribution in [1.82, 2.24) is 9.97 Å². The Morgan fingerprint density at radius 3 is 2.83 bits per heavy atom. The number of anilines is 3. The minimum atomic E-state index is 0.475. The van der Waals surface area contributed by atoms with Gasteiger partial charge in [0.15, 0.2) is 0 Å². The molecule has 1 heterocycles. The third-order valence-electron chi connectivity index (χ3n) is 2.20. The predicted octanol–water partition coefficient (Wildman–Crippen LogP) is 3.96. The summed E-state index contributed by atoms with van der Waals surface area (Å²) in [6, 6.07) is 7.16. The van der Waals surface area contributed by atoms with Gasteiger partial charge in [-0.3, -0.25) is 0 Å². The number of aromatic nitrogens is 2. The molecule has 0 bridgehead atoms. The molecule has 94 valence electrons. The molecule has 4 nitrogen and oxygen atoms in total. The van der Waals surface area contributed by atoms with Crippen molar-refractivity contribution < 1.29 is 0 Å². The van der Waals surface area contributed by atoms with Crippen LogP contribution in [0.25, 0.3) is 0 Å². The summed E-state index contributed by atoms with van der Waals surface area (Å²) in [6.07, 6.45) is 1.67. The molecule has 0 atom stereocenters. The molecule has 6 heteroatoms. The van der Waals surface area contributed by atoms with E-state index >= 15 is 0 Å². The lowest BCUT2D eigenvalue weighted by Crippen LogP contribution is -2.03. The SMILES string of the molecule is CCNc1nccc(Nc2cccc(Cl)c2Cl)n1. The Morgan fingerprint density at radius 1 is 1.22 bits per heavy atom. The lowest BCUT2D eigenvalue weighted by atomic mass is 10.3. The number of benzene rings is 1. The number of halogens is 2. The molecule has 0 spiro atoms. The average Bonchev–Trinajstić information content (AvgIpc) is 2.36. The van der Waals surface area contributed by atoms with Crippen LogP contribution in [0, 0.1) is 0 Å². The summed E-state index contributed by atoms with van der Waals surface area (Å²) in [5, 5.41) is 7.12. The van der Waals surface area contributed by atoms with Crippen molar-refractivity contribution in [3.8, 4) is 0 Å². The fourth-order valence-electron chi connectivity index (χ4n) is 1.41. The van der Waals surface area contributed by atoms with E-state index in [-0.39, 0.29) is 0 Å². The average molecular weight is 283 g/mol. The summed E-state index contributed by atoms with van der Waals surface area (Å²) in [7, 11) is 0. The van der Waals surface area contributed by atoms with E-state index < -0.39 is 0 Å². The van der Waals surface area contributed by atoms with Crippen molar-refractivity contribution >= 4 is 40.7 Å². The highest BCUT2D eigenvalue weighted by Gasteiger charge is 2.05. The van der Waals surface area contributed by atoms with Crippen molar-refractivity contribution in [3.63, 3.8) is 0 Å². The van der Waals surface area contributed by atoms with Crippen LogP contribution in [-0.2, 0) is 0 Å². The van der Waals surface area contributed by atoms with Gasteiger partial charge < -0.3 is 10.6 Å². The Morgan fingerprint density at radius 2 is 2.06 bits per heavy atom. The molecule has 2 N–H and O–H groups in total. The lowest BCUT2D eigenvalue weighted by Gasteiger charge is -2.09. The van der Waals surface area contributed by atoms with Crippen molar-refractivity contribution in [2.45, 2.75) is 6.92 Å². The first-order chi connectivity index (χ1) is 8.70. The van der Waals surface area contributed by atoms with Gasteiger partial charge in [-0.05, 0) is 25.1 Å². The summed E-state index contributed by atoms with van der Waals surface area (Å²) in [6.45, 7) is 2.75. The minimum Gasteiger partial charge on any atom is -0.354 e. The maximum Gasteiger partial charge on any atom is 0.224 e. The smallest absolute Gasteiger partial charge is 0.224 e. The second-order valence-corrected chi connectivity index (χ2v) is 4.31. The van der Waals surface area contributed by atoms with Crippen LogP contribution in [0.3, 0.4) is 0 Å². The Labute approximate surface area is 115 Å². The Balaban J connectivity index is 2.23. The van der Waals surface area contributed by atoms with E-state index in [1.807, 2.05) is 19.1 Å². The third kappa shape index (κ3) is 3.03. The summed E-state index contributed by atoms with van der Waals surface area (Å²) in [4.78, 5) is 8.38. The highest BCUT2D eigenvalue weighted by molar-refractivity contribution is 6.43. The second kappa shape index (κ2) is 5.89. The number of hydrogen-bond acceptors (Lipinski definition) is 4. The van der Waals surface area contributed by atoms with E-state index in [1.54, 1.807) is 18.3 Å². The normalized spacial score (nSPS) is 10.2. The molecule has 0 saturated carbocycles. The highest BCUT2D eigenvalue weighted by atomic mass is 35.5.